The van der Waals surface area contributed by atoms with E-state index >= 15 is 0 Å². The average Bonchev–Trinajstić information content (AvgIpc) is 3.22. The van der Waals surface area contributed by atoms with Crippen LogP contribution in [0.25, 0.3) is 17.1 Å². The topological polar surface area (TPSA) is 127 Å². The zero-order chi connectivity index (χ0) is 21.9. The highest BCUT2D eigenvalue weighted by molar-refractivity contribution is 7.98. The van der Waals surface area contributed by atoms with E-state index in [1.807, 2.05) is 30.5 Å². The van der Waals surface area contributed by atoms with Crippen LogP contribution in [0.15, 0.2) is 58.3 Å². The van der Waals surface area contributed by atoms with Crippen molar-refractivity contribution < 1.29 is 18.3 Å². The van der Waals surface area contributed by atoms with Gasteiger partial charge in [-0.2, -0.15) is 4.72 Å². The van der Waals surface area contributed by atoms with Crippen molar-refractivity contribution in [2.45, 2.75) is 29.7 Å². The summed E-state index contributed by atoms with van der Waals surface area (Å²) in [6.07, 6.45) is 1.99. The molecule has 30 heavy (non-hydrogen) atoms. The van der Waals surface area contributed by atoms with E-state index in [9.17, 15) is 18.3 Å². The lowest BCUT2D eigenvalue weighted by Gasteiger charge is -2.18. The SMILES string of the molecule is CSc1ccc(-c2nnn(-c3ccc(S(=O)(=O)NC(C(=O)O)C(C)C)cc3)n2)cc1. The number of aromatic nitrogens is 4. The molecule has 0 aliphatic carbocycles. The van der Waals surface area contributed by atoms with Gasteiger partial charge < -0.3 is 5.11 Å². The molecule has 158 valence electrons. The number of nitrogens with zero attached hydrogens (tertiary/aromatic N) is 4. The first-order valence-corrected chi connectivity index (χ1v) is 11.7. The number of tetrazole rings is 1. The first-order valence-electron chi connectivity index (χ1n) is 9.01. The summed E-state index contributed by atoms with van der Waals surface area (Å²) in [5.41, 5.74) is 1.34. The molecule has 0 amide bonds. The molecule has 0 fully saturated rings. The highest BCUT2D eigenvalue weighted by Gasteiger charge is 2.28. The summed E-state index contributed by atoms with van der Waals surface area (Å²) in [5.74, 6) is -1.18. The standard InChI is InChI=1S/C19H21N5O4S2/c1-12(2)17(19(25)26)22-30(27,28)16-10-6-14(7-11-16)24-21-18(20-23-24)13-4-8-15(29-3)9-5-13/h4-12,17,22H,1-3H3,(H,25,26). The molecular weight excluding hydrogens is 426 g/mol. The molecule has 0 bridgehead atoms. The second-order valence-electron chi connectivity index (χ2n) is 6.81. The van der Waals surface area contributed by atoms with Crippen LogP contribution in [0.1, 0.15) is 13.8 Å². The van der Waals surface area contributed by atoms with E-state index in [4.69, 9.17) is 0 Å². The van der Waals surface area contributed by atoms with E-state index in [1.54, 1.807) is 25.6 Å². The predicted octanol–water partition coefficient (Wildman–Crippen LogP) is 2.44. The fourth-order valence-electron chi connectivity index (χ4n) is 2.64. The van der Waals surface area contributed by atoms with Crippen molar-refractivity contribution >= 4 is 27.8 Å². The lowest BCUT2D eigenvalue weighted by atomic mass is 10.1. The highest BCUT2D eigenvalue weighted by atomic mass is 32.2. The smallest absolute Gasteiger partial charge is 0.322 e. The summed E-state index contributed by atoms with van der Waals surface area (Å²) in [7, 11) is -3.99. The third kappa shape index (κ3) is 4.86. The largest absolute Gasteiger partial charge is 0.480 e. The van der Waals surface area contributed by atoms with Crippen LogP contribution in [0.3, 0.4) is 0 Å². The molecule has 9 nitrogen and oxygen atoms in total. The summed E-state index contributed by atoms with van der Waals surface area (Å²) < 4.78 is 27.3. The van der Waals surface area contributed by atoms with Crippen molar-refractivity contribution in [3.8, 4) is 17.1 Å². The Hall–Kier alpha value is -2.76. The van der Waals surface area contributed by atoms with Gasteiger partial charge in [0.15, 0.2) is 0 Å². The molecule has 1 heterocycles. The van der Waals surface area contributed by atoms with Gasteiger partial charge in [-0.05, 0) is 65.9 Å². The van der Waals surface area contributed by atoms with E-state index in [0.717, 1.165) is 10.5 Å². The molecule has 0 saturated carbocycles. The van der Waals surface area contributed by atoms with Gasteiger partial charge in [-0.15, -0.1) is 26.8 Å². The third-order valence-electron chi connectivity index (χ3n) is 4.35. The van der Waals surface area contributed by atoms with Gasteiger partial charge >= 0.3 is 5.97 Å². The number of nitrogens with one attached hydrogen (secondary N) is 1. The summed E-state index contributed by atoms with van der Waals surface area (Å²) in [5, 5.41) is 21.6. The van der Waals surface area contributed by atoms with Crippen LogP contribution in [-0.2, 0) is 14.8 Å². The molecule has 0 radical (unpaired) electrons. The predicted molar refractivity (Wildman–Crippen MR) is 113 cm³/mol. The van der Waals surface area contributed by atoms with Crippen molar-refractivity contribution in [1.82, 2.24) is 24.9 Å². The van der Waals surface area contributed by atoms with Crippen molar-refractivity contribution in [2.24, 2.45) is 5.92 Å². The van der Waals surface area contributed by atoms with Crippen molar-refractivity contribution in [3.63, 3.8) is 0 Å². The zero-order valence-corrected chi connectivity index (χ0v) is 18.2. The quantitative estimate of drug-likeness (QED) is 0.504. The minimum atomic E-state index is -3.99. The number of hydrogen-bond acceptors (Lipinski definition) is 7. The Labute approximate surface area is 178 Å². The number of rotatable bonds is 8. The normalized spacial score (nSPS) is 12.8. The van der Waals surface area contributed by atoms with Gasteiger partial charge in [-0.3, -0.25) is 4.79 Å². The van der Waals surface area contributed by atoms with E-state index in [-0.39, 0.29) is 4.90 Å². The molecule has 0 spiro atoms. The molecule has 0 saturated heterocycles. The average molecular weight is 448 g/mol. The van der Waals surface area contributed by atoms with Gasteiger partial charge in [-0.25, -0.2) is 8.42 Å². The van der Waals surface area contributed by atoms with E-state index in [0.29, 0.717) is 11.5 Å². The van der Waals surface area contributed by atoms with Gasteiger partial charge in [-0.1, -0.05) is 13.8 Å². The van der Waals surface area contributed by atoms with Crippen molar-refractivity contribution in [3.05, 3.63) is 48.5 Å². The van der Waals surface area contributed by atoms with E-state index in [1.165, 1.54) is 29.1 Å². The van der Waals surface area contributed by atoms with Crippen LogP contribution < -0.4 is 4.72 Å². The maximum Gasteiger partial charge on any atom is 0.322 e. The van der Waals surface area contributed by atoms with Gasteiger partial charge in [0.2, 0.25) is 15.8 Å². The molecule has 11 heteroatoms. The fraction of sp³-hybridized carbons (Fsp3) is 0.263. The summed E-state index contributed by atoms with van der Waals surface area (Å²) >= 11 is 1.64. The number of carboxylic acids is 1. The molecule has 0 aliphatic heterocycles. The number of thioether (sulfide) groups is 1. The van der Waals surface area contributed by atoms with E-state index < -0.39 is 28.0 Å². The minimum absolute atomic E-state index is 0.0499. The Morgan fingerprint density at radius 2 is 1.73 bits per heavy atom. The molecule has 3 rings (SSSR count). The first kappa shape index (κ1) is 21.9. The Balaban J connectivity index is 1.80. The van der Waals surface area contributed by atoms with E-state index in [2.05, 4.69) is 20.1 Å². The first-order chi connectivity index (χ1) is 14.2. The third-order valence-corrected chi connectivity index (χ3v) is 6.56. The van der Waals surface area contributed by atoms with Crippen LogP contribution in [-0.4, -0.2) is 52.0 Å². The van der Waals surface area contributed by atoms with Gasteiger partial charge in [0, 0.05) is 10.5 Å². The molecule has 0 aliphatic rings. The molecule has 2 N–H and O–H groups in total. The summed E-state index contributed by atoms with van der Waals surface area (Å²) in [6, 6.07) is 12.3. The molecular formula is C19H21N5O4S2. The van der Waals surface area contributed by atoms with Gasteiger partial charge in [0.1, 0.15) is 6.04 Å². The highest BCUT2D eigenvalue weighted by Crippen LogP contribution is 2.21. The number of carbonyl (C=O) groups is 1. The Bertz CT molecular complexity index is 1130. The lowest BCUT2D eigenvalue weighted by Crippen LogP contribution is -2.44. The number of benzene rings is 2. The number of sulfonamides is 1. The zero-order valence-electron chi connectivity index (χ0n) is 16.6. The van der Waals surface area contributed by atoms with Crippen LogP contribution in [0.4, 0.5) is 0 Å². The fourth-order valence-corrected chi connectivity index (χ4v) is 4.39. The molecule has 1 unspecified atom stereocenters. The van der Waals surface area contributed by atoms with Gasteiger partial charge in [0.05, 0.1) is 10.6 Å². The van der Waals surface area contributed by atoms with Crippen molar-refractivity contribution in [1.29, 1.82) is 0 Å². The second kappa shape index (κ2) is 8.94. The van der Waals surface area contributed by atoms with Crippen LogP contribution in [0.2, 0.25) is 0 Å². The number of hydrogen-bond donors (Lipinski definition) is 2. The second-order valence-corrected chi connectivity index (χ2v) is 9.40. The Morgan fingerprint density at radius 3 is 2.27 bits per heavy atom. The minimum Gasteiger partial charge on any atom is -0.480 e. The molecule has 2 aromatic carbocycles. The Morgan fingerprint density at radius 1 is 1.10 bits per heavy atom. The van der Waals surface area contributed by atoms with Crippen LogP contribution in [0.5, 0.6) is 0 Å². The van der Waals surface area contributed by atoms with Gasteiger partial charge in [0.25, 0.3) is 0 Å². The van der Waals surface area contributed by atoms with Crippen LogP contribution >= 0.6 is 11.8 Å². The van der Waals surface area contributed by atoms with Crippen LogP contribution in [0, 0.1) is 5.92 Å². The molecule has 3 aromatic rings. The maximum absolute atomic E-state index is 12.5. The summed E-state index contributed by atoms with van der Waals surface area (Å²) in [6.45, 7) is 3.26. The molecule has 1 aromatic heterocycles. The number of carboxylic acid groups (broad SMARTS) is 1. The maximum atomic E-state index is 12.5. The Kier molecular flexibility index (Phi) is 6.54. The summed E-state index contributed by atoms with van der Waals surface area (Å²) in [4.78, 5) is 13.7. The lowest BCUT2D eigenvalue weighted by molar-refractivity contribution is -0.140. The molecule has 1 atom stereocenters. The number of aliphatic carboxylic acids is 1. The van der Waals surface area contributed by atoms with Crippen molar-refractivity contribution in [2.75, 3.05) is 6.26 Å². The monoisotopic (exact) mass is 447 g/mol.